The van der Waals surface area contributed by atoms with Crippen molar-refractivity contribution in [3.05, 3.63) is 35.4 Å². The number of hydrogen-bond donors (Lipinski definition) is 4. The molecule has 0 radical (unpaired) electrons. The third kappa shape index (κ3) is 6.48. The quantitative estimate of drug-likeness (QED) is 0.164. The fraction of sp³-hybridized carbons (Fsp3) is 0.312. The van der Waals surface area contributed by atoms with Crippen molar-refractivity contribution in [3.63, 3.8) is 0 Å². The number of nitrogens with two attached hydrogens (primary N) is 1. The highest BCUT2D eigenvalue weighted by molar-refractivity contribution is 6.01. The van der Waals surface area contributed by atoms with Gasteiger partial charge in [-0.3, -0.25) is 15.0 Å². The third-order valence-corrected chi connectivity index (χ3v) is 3.42. The van der Waals surface area contributed by atoms with Crippen LogP contribution in [0.2, 0.25) is 0 Å². The minimum atomic E-state index is -0.944. The van der Waals surface area contributed by atoms with Crippen LogP contribution in [0.25, 0.3) is 0 Å². The molecule has 1 aromatic carbocycles. The summed E-state index contributed by atoms with van der Waals surface area (Å²) >= 11 is 0. The molecule has 0 spiro atoms. The Morgan fingerprint density at radius 3 is 2.46 bits per heavy atom. The van der Waals surface area contributed by atoms with Crippen molar-refractivity contribution in [1.29, 1.82) is 5.41 Å². The van der Waals surface area contributed by atoms with Gasteiger partial charge in [-0.1, -0.05) is 24.3 Å². The van der Waals surface area contributed by atoms with Gasteiger partial charge >= 0.3 is 12.2 Å². The number of amides is 3. The largest absolute Gasteiger partial charge is 0.510 e. The van der Waals surface area contributed by atoms with E-state index in [2.05, 4.69) is 20.2 Å². The lowest BCUT2D eigenvalue weighted by Gasteiger charge is -2.13. The number of carbonyl (C=O) groups is 4. The Hall–Kier alpha value is -3.83. The predicted molar refractivity (Wildman–Crippen MR) is 92.0 cm³/mol. The van der Waals surface area contributed by atoms with Crippen LogP contribution in [0.3, 0.4) is 0 Å². The third-order valence-electron chi connectivity index (χ3n) is 3.42. The minimum Gasteiger partial charge on any atom is -0.429 e. The number of nitrogens with one attached hydrogen (secondary N) is 3. The molecule has 1 fully saturated rings. The highest BCUT2D eigenvalue weighted by atomic mass is 16.7. The maximum Gasteiger partial charge on any atom is 0.510 e. The Balaban J connectivity index is 1.75. The molecule has 0 atom stereocenters. The number of nitrogens with zero attached hydrogens (tertiary/aromatic N) is 1. The SMILES string of the molecule is N=C(N)NCOC(=O)OCc1cccc(CNC(=O)ON2C(=O)CCC2=O)c1. The van der Waals surface area contributed by atoms with Crippen LogP contribution in [-0.4, -0.2) is 41.8 Å². The Bertz CT molecular complexity index is 766. The summed E-state index contributed by atoms with van der Waals surface area (Å²) in [5.74, 6) is -1.47. The van der Waals surface area contributed by atoms with Gasteiger partial charge in [-0.05, 0) is 11.1 Å². The number of hydrogen-bond acceptors (Lipinski definition) is 8. The Morgan fingerprint density at radius 1 is 1.11 bits per heavy atom. The van der Waals surface area contributed by atoms with Crippen LogP contribution < -0.4 is 16.4 Å². The zero-order valence-electron chi connectivity index (χ0n) is 14.7. The van der Waals surface area contributed by atoms with Gasteiger partial charge in [0.15, 0.2) is 12.7 Å². The van der Waals surface area contributed by atoms with Crippen molar-refractivity contribution in [2.24, 2.45) is 5.73 Å². The molecule has 150 valence electrons. The van der Waals surface area contributed by atoms with E-state index in [4.69, 9.17) is 15.9 Å². The average Bonchev–Trinajstić information content (AvgIpc) is 2.97. The molecule has 1 saturated heterocycles. The van der Waals surface area contributed by atoms with Crippen molar-refractivity contribution in [2.45, 2.75) is 26.0 Å². The summed E-state index contributed by atoms with van der Waals surface area (Å²) in [5.41, 5.74) is 6.34. The van der Waals surface area contributed by atoms with E-state index in [1.54, 1.807) is 24.3 Å². The van der Waals surface area contributed by atoms with E-state index in [1.165, 1.54) is 0 Å². The fourth-order valence-electron chi connectivity index (χ4n) is 2.13. The first-order chi connectivity index (χ1) is 13.3. The molecule has 12 heteroatoms. The van der Waals surface area contributed by atoms with Crippen molar-refractivity contribution in [2.75, 3.05) is 6.73 Å². The van der Waals surface area contributed by atoms with Gasteiger partial charge in [-0.2, -0.15) is 0 Å². The molecule has 5 N–H and O–H groups in total. The molecule has 3 amide bonds. The van der Waals surface area contributed by atoms with Crippen LogP contribution in [0.5, 0.6) is 0 Å². The van der Waals surface area contributed by atoms with Gasteiger partial charge < -0.3 is 30.7 Å². The first-order valence-corrected chi connectivity index (χ1v) is 8.12. The topological polar surface area (TPSA) is 173 Å². The van der Waals surface area contributed by atoms with E-state index >= 15 is 0 Å². The van der Waals surface area contributed by atoms with Crippen LogP contribution in [-0.2, 0) is 37.1 Å². The highest BCUT2D eigenvalue weighted by Gasteiger charge is 2.32. The van der Waals surface area contributed by atoms with Crippen molar-refractivity contribution in [3.8, 4) is 0 Å². The zero-order valence-corrected chi connectivity index (χ0v) is 14.7. The summed E-state index contributed by atoms with van der Waals surface area (Å²) in [6.07, 6.45) is -1.85. The summed E-state index contributed by atoms with van der Waals surface area (Å²) < 4.78 is 9.53. The molecule has 0 bridgehead atoms. The summed E-state index contributed by atoms with van der Waals surface area (Å²) in [6.45, 7) is -0.299. The fourth-order valence-corrected chi connectivity index (χ4v) is 2.13. The normalized spacial score (nSPS) is 13.1. The van der Waals surface area contributed by atoms with Gasteiger partial charge in [-0.25, -0.2) is 9.59 Å². The highest BCUT2D eigenvalue weighted by Crippen LogP contribution is 2.12. The van der Waals surface area contributed by atoms with Gasteiger partial charge in [0, 0.05) is 19.4 Å². The number of carbonyl (C=O) groups excluding carboxylic acids is 4. The molecule has 2 rings (SSSR count). The number of ether oxygens (including phenoxy) is 2. The molecule has 1 heterocycles. The molecule has 1 aromatic rings. The van der Waals surface area contributed by atoms with Gasteiger partial charge in [0.05, 0.1) is 0 Å². The Kier molecular flexibility index (Phi) is 7.13. The second-order valence-electron chi connectivity index (χ2n) is 5.55. The minimum absolute atomic E-state index is 0.0153. The van der Waals surface area contributed by atoms with E-state index in [0.29, 0.717) is 16.2 Å². The summed E-state index contributed by atoms with van der Waals surface area (Å²) in [4.78, 5) is 50.6. The monoisotopic (exact) mass is 393 g/mol. The molecule has 12 nitrogen and oxygen atoms in total. The van der Waals surface area contributed by atoms with E-state index in [-0.39, 0.29) is 38.7 Å². The molecule has 1 aliphatic rings. The first-order valence-electron chi connectivity index (χ1n) is 8.12. The maximum absolute atomic E-state index is 11.7. The number of hydroxylamine groups is 2. The second-order valence-corrected chi connectivity index (χ2v) is 5.55. The molecular weight excluding hydrogens is 374 g/mol. The van der Waals surface area contributed by atoms with Crippen molar-refractivity contribution in [1.82, 2.24) is 15.7 Å². The van der Waals surface area contributed by atoms with Gasteiger partial charge in [0.1, 0.15) is 6.61 Å². The lowest BCUT2D eigenvalue weighted by Crippen LogP contribution is -2.36. The van der Waals surface area contributed by atoms with Crippen LogP contribution in [0, 0.1) is 5.41 Å². The second kappa shape index (κ2) is 9.75. The van der Waals surface area contributed by atoms with Gasteiger partial charge in [-0.15, -0.1) is 5.06 Å². The van der Waals surface area contributed by atoms with Gasteiger partial charge in [0.25, 0.3) is 11.8 Å². The number of benzene rings is 1. The number of imide groups is 1. The molecular formula is C16H19N5O7. The standard InChI is InChI=1S/C16H19N5O7/c17-14(18)20-9-27-16(25)26-8-11-3-1-2-10(6-11)7-19-15(24)28-21-12(22)4-5-13(21)23/h1-3,6H,4-5,7-9H2,(H,19,24)(H4,17,18,20). The Morgan fingerprint density at radius 2 is 1.79 bits per heavy atom. The van der Waals surface area contributed by atoms with E-state index in [1.807, 2.05) is 0 Å². The summed E-state index contributed by atoms with van der Waals surface area (Å²) in [5, 5.41) is 12.1. The zero-order chi connectivity index (χ0) is 20.5. The first kappa shape index (κ1) is 20.5. The van der Waals surface area contributed by atoms with E-state index in [0.717, 1.165) is 0 Å². The number of rotatable bonds is 7. The van der Waals surface area contributed by atoms with E-state index < -0.39 is 24.1 Å². The molecule has 0 saturated carbocycles. The van der Waals surface area contributed by atoms with E-state index in [9.17, 15) is 19.2 Å². The summed E-state index contributed by atoms with van der Waals surface area (Å²) in [7, 11) is 0. The molecule has 0 aromatic heterocycles. The van der Waals surface area contributed by atoms with Crippen LogP contribution >= 0.6 is 0 Å². The predicted octanol–water partition coefficient (Wildman–Crippen LogP) is 0.0706. The van der Waals surface area contributed by atoms with Gasteiger partial charge in [0.2, 0.25) is 0 Å². The molecule has 0 aliphatic carbocycles. The molecule has 1 aliphatic heterocycles. The lowest BCUT2D eigenvalue weighted by atomic mass is 10.1. The van der Waals surface area contributed by atoms with Crippen molar-refractivity contribution < 1.29 is 33.5 Å². The average molecular weight is 393 g/mol. The van der Waals surface area contributed by atoms with Crippen molar-refractivity contribution >= 4 is 30.0 Å². The Labute approximate surface area is 159 Å². The molecule has 0 unspecified atom stereocenters. The van der Waals surface area contributed by atoms with Crippen LogP contribution in [0.15, 0.2) is 24.3 Å². The van der Waals surface area contributed by atoms with Crippen LogP contribution in [0.1, 0.15) is 24.0 Å². The maximum atomic E-state index is 11.7. The number of guanidine groups is 1. The summed E-state index contributed by atoms with van der Waals surface area (Å²) in [6, 6.07) is 6.78. The van der Waals surface area contributed by atoms with Crippen LogP contribution in [0.4, 0.5) is 9.59 Å². The lowest BCUT2D eigenvalue weighted by molar-refractivity contribution is -0.171. The smallest absolute Gasteiger partial charge is 0.429 e. The molecule has 28 heavy (non-hydrogen) atoms.